The number of hydrogen-bond acceptors (Lipinski definition) is 3. The molecule has 0 aromatic rings. The second-order valence-corrected chi connectivity index (χ2v) is 5.77. The molecule has 0 atom stereocenters. The predicted molar refractivity (Wildman–Crippen MR) is 38.8 cm³/mol. The molecule has 1 spiro atoms. The summed E-state index contributed by atoms with van der Waals surface area (Å²) in [6.45, 7) is 0.831. The Kier molecular flexibility index (Phi) is 1.14. The Hall–Kier alpha value is -0.580. The lowest BCUT2D eigenvalue weighted by Crippen LogP contribution is -2.71. The fraction of sp³-hybridized carbons (Fsp3) is 0.833. The number of carbonyl (C=O) groups excluding carboxylic acids is 1. The number of likely N-dealkylation sites (tertiary alicyclic amines) is 1. The fourth-order valence-electron chi connectivity index (χ4n) is 1.68. The zero-order valence-corrected chi connectivity index (χ0v) is 6.80. The quantitative estimate of drug-likeness (QED) is 0.481. The Labute approximate surface area is 65.1 Å². The van der Waals surface area contributed by atoms with Crippen molar-refractivity contribution in [1.29, 1.82) is 0 Å². The molecule has 0 unspecified atom stereocenters. The molecular weight excluding hydrogens is 166 g/mol. The highest BCUT2D eigenvalue weighted by Crippen LogP contribution is 2.41. The van der Waals surface area contributed by atoms with Crippen LogP contribution >= 0.6 is 0 Å². The molecular formula is C6H9NO3S. The molecule has 5 heteroatoms. The van der Waals surface area contributed by atoms with Gasteiger partial charge in [-0.1, -0.05) is 0 Å². The van der Waals surface area contributed by atoms with Crippen LogP contribution in [0.15, 0.2) is 0 Å². The van der Waals surface area contributed by atoms with E-state index in [2.05, 4.69) is 0 Å². The zero-order chi connectivity index (χ0) is 8.11. The molecule has 0 aromatic carbocycles. The Morgan fingerprint density at radius 2 is 2.00 bits per heavy atom. The molecule has 0 radical (unpaired) electrons. The summed E-state index contributed by atoms with van der Waals surface area (Å²) in [4.78, 5) is 11.7. The first-order valence-corrected chi connectivity index (χ1v) is 5.17. The van der Waals surface area contributed by atoms with Crippen LogP contribution in [0.1, 0.15) is 6.42 Å². The summed E-state index contributed by atoms with van der Waals surface area (Å²) in [6.07, 6.45) is 1.44. The molecule has 0 bridgehead atoms. The SMILES string of the molecule is O=CN1CC2(CCS2(=O)=O)C1. The lowest BCUT2D eigenvalue weighted by Gasteiger charge is -2.52. The average Bonchev–Trinajstić information content (AvgIpc) is 1.84. The molecule has 2 aliphatic heterocycles. The molecule has 62 valence electrons. The standard InChI is InChI=1S/C6H9NO3S/c8-5-7-3-6(4-7)1-2-11(6,9)10/h5H,1-4H2. The minimum Gasteiger partial charge on any atom is -0.342 e. The van der Waals surface area contributed by atoms with Crippen molar-refractivity contribution in [2.45, 2.75) is 11.2 Å². The summed E-state index contributed by atoms with van der Waals surface area (Å²) in [5.41, 5.74) is 0. The van der Waals surface area contributed by atoms with Crippen molar-refractivity contribution in [1.82, 2.24) is 4.90 Å². The van der Waals surface area contributed by atoms with Gasteiger partial charge >= 0.3 is 0 Å². The van der Waals surface area contributed by atoms with E-state index in [4.69, 9.17) is 0 Å². The summed E-state index contributed by atoms with van der Waals surface area (Å²) in [5, 5.41) is 0. The van der Waals surface area contributed by atoms with Gasteiger partial charge in [0.1, 0.15) is 4.75 Å². The second-order valence-electron chi connectivity index (χ2n) is 3.26. The summed E-state index contributed by atoms with van der Waals surface area (Å²) in [5.74, 6) is 0.305. The van der Waals surface area contributed by atoms with Gasteiger partial charge in [-0.05, 0) is 6.42 Å². The third-order valence-electron chi connectivity index (χ3n) is 2.62. The number of rotatable bonds is 1. The highest BCUT2D eigenvalue weighted by molar-refractivity contribution is 7.94. The molecule has 0 aliphatic carbocycles. The van der Waals surface area contributed by atoms with E-state index in [0.29, 0.717) is 25.3 Å². The summed E-state index contributed by atoms with van der Waals surface area (Å²) in [6, 6.07) is 0. The molecule has 2 rings (SSSR count). The van der Waals surface area contributed by atoms with Crippen LogP contribution in [0.2, 0.25) is 0 Å². The van der Waals surface area contributed by atoms with Crippen LogP contribution in [-0.2, 0) is 14.6 Å². The van der Waals surface area contributed by atoms with Crippen molar-refractivity contribution in [2.24, 2.45) is 0 Å². The highest BCUT2D eigenvalue weighted by atomic mass is 32.2. The molecule has 4 nitrogen and oxygen atoms in total. The van der Waals surface area contributed by atoms with Gasteiger partial charge in [0.05, 0.1) is 5.75 Å². The third kappa shape index (κ3) is 0.690. The predicted octanol–water partition coefficient (Wildman–Crippen LogP) is -0.984. The molecule has 2 fully saturated rings. The number of hydrogen-bond donors (Lipinski definition) is 0. The van der Waals surface area contributed by atoms with Crippen LogP contribution in [0.3, 0.4) is 0 Å². The third-order valence-corrected chi connectivity index (χ3v) is 5.14. The maximum absolute atomic E-state index is 11.1. The Bertz CT molecular complexity index is 289. The fourth-order valence-corrected chi connectivity index (χ4v) is 3.52. The molecule has 0 N–H and O–H groups in total. The van der Waals surface area contributed by atoms with Crippen LogP contribution in [0.4, 0.5) is 0 Å². The second kappa shape index (κ2) is 1.77. The van der Waals surface area contributed by atoms with Crippen molar-refractivity contribution in [2.75, 3.05) is 18.8 Å². The van der Waals surface area contributed by atoms with Gasteiger partial charge in [-0.15, -0.1) is 0 Å². The van der Waals surface area contributed by atoms with E-state index in [1.807, 2.05) is 0 Å². The molecule has 0 saturated carbocycles. The normalized spacial score (nSPS) is 30.7. The van der Waals surface area contributed by atoms with E-state index in [-0.39, 0.29) is 0 Å². The highest BCUT2D eigenvalue weighted by Gasteiger charge is 2.59. The van der Waals surface area contributed by atoms with Gasteiger partial charge in [0.2, 0.25) is 6.41 Å². The van der Waals surface area contributed by atoms with Gasteiger partial charge in [-0.2, -0.15) is 0 Å². The van der Waals surface area contributed by atoms with E-state index >= 15 is 0 Å². The van der Waals surface area contributed by atoms with Crippen molar-refractivity contribution < 1.29 is 13.2 Å². The van der Waals surface area contributed by atoms with Crippen LogP contribution in [-0.4, -0.2) is 43.3 Å². The van der Waals surface area contributed by atoms with Gasteiger partial charge < -0.3 is 4.90 Å². The van der Waals surface area contributed by atoms with E-state index in [0.717, 1.165) is 6.42 Å². The first-order valence-electron chi connectivity index (χ1n) is 3.51. The summed E-state index contributed by atoms with van der Waals surface area (Å²) in [7, 11) is -2.83. The van der Waals surface area contributed by atoms with Crippen LogP contribution in [0, 0.1) is 0 Å². The van der Waals surface area contributed by atoms with Crippen LogP contribution in [0.5, 0.6) is 0 Å². The minimum atomic E-state index is -2.83. The molecule has 11 heavy (non-hydrogen) atoms. The van der Waals surface area contributed by atoms with Gasteiger partial charge in [-0.3, -0.25) is 4.79 Å². The molecule has 0 aromatic heterocycles. The van der Waals surface area contributed by atoms with Crippen LogP contribution in [0.25, 0.3) is 0 Å². The molecule has 2 saturated heterocycles. The number of amides is 1. The van der Waals surface area contributed by atoms with Gasteiger partial charge in [0, 0.05) is 13.1 Å². The van der Waals surface area contributed by atoms with Crippen molar-refractivity contribution >= 4 is 16.2 Å². The van der Waals surface area contributed by atoms with Crippen LogP contribution < -0.4 is 0 Å². The topological polar surface area (TPSA) is 54.5 Å². The first kappa shape index (κ1) is 7.09. The lowest BCUT2D eigenvalue weighted by atomic mass is 9.96. The smallest absolute Gasteiger partial charge is 0.209 e. The Morgan fingerprint density at radius 1 is 1.36 bits per heavy atom. The number of carbonyl (C=O) groups is 1. The molecule has 2 aliphatic rings. The maximum Gasteiger partial charge on any atom is 0.209 e. The summed E-state index contributed by atoms with van der Waals surface area (Å²) < 4.78 is 21.8. The zero-order valence-electron chi connectivity index (χ0n) is 5.99. The Balaban J connectivity index is 2.14. The van der Waals surface area contributed by atoms with E-state index in [1.165, 1.54) is 4.90 Å². The molecule has 2 heterocycles. The first-order chi connectivity index (χ1) is 5.10. The molecule has 1 amide bonds. The maximum atomic E-state index is 11.1. The largest absolute Gasteiger partial charge is 0.342 e. The van der Waals surface area contributed by atoms with Gasteiger partial charge in [-0.25, -0.2) is 8.42 Å². The number of nitrogens with zero attached hydrogens (tertiary/aromatic N) is 1. The van der Waals surface area contributed by atoms with E-state index in [1.54, 1.807) is 0 Å². The van der Waals surface area contributed by atoms with E-state index < -0.39 is 14.6 Å². The minimum absolute atomic E-state index is 0.305. The van der Waals surface area contributed by atoms with Gasteiger partial charge in [0.25, 0.3) is 0 Å². The Morgan fingerprint density at radius 3 is 2.27 bits per heavy atom. The van der Waals surface area contributed by atoms with Crippen molar-refractivity contribution in [3.05, 3.63) is 0 Å². The number of sulfone groups is 1. The lowest BCUT2D eigenvalue weighted by molar-refractivity contribution is -0.123. The van der Waals surface area contributed by atoms with Crippen molar-refractivity contribution in [3.8, 4) is 0 Å². The average molecular weight is 175 g/mol. The monoisotopic (exact) mass is 175 g/mol. The summed E-state index contributed by atoms with van der Waals surface area (Å²) >= 11 is 0. The van der Waals surface area contributed by atoms with Gasteiger partial charge in [0.15, 0.2) is 9.84 Å². The van der Waals surface area contributed by atoms with Crippen molar-refractivity contribution in [3.63, 3.8) is 0 Å². The van der Waals surface area contributed by atoms with E-state index in [9.17, 15) is 13.2 Å².